The molecule has 1 saturated carbocycles. The highest BCUT2D eigenvalue weighted by atomic mass is 32.2. The number of carbonyl (C=O) groups excluding carboxylic acids is 1. The van der Waals surface area contributed by atoms with Gasteiger partial charge in [0.15, 0.2) is 0 Å². The third-order valence-corrected chi connectivity index (χ3v) is 6.42. The maximum Gasteiger partial charge on any atom is 0.226 e. The number of nitrogens with one attached hydrogen (secondary N) is 1. The van der Waals surface area contributed by atoms with E-state index in [4.69, 9.17) is 0 Å². The van der Waals surface area contributed by atoms with E-state index in [1.165, 1.54) is 32.6 Å². The van der Waals surface area contributed by atoms with Gasteiger partial charge in [-0.25, -0.2) is 0 Å². The zero-order valence-electron chi connectivity index (χ0n) is 14.9. The van der Waals surface area contributed by atoms with E-state index in [0.29, 0.717) is 5.91 Å². The number of carbonyl (C=O) groups is 1. The number of aromatic amines is 1. The van der Waals surface area contributed by atoms with Gasteiger partial charge in [-0.2, -0.15) is 0 Å². The lowest BCUT2D eigenvalue weighted by Crippen LogP contribution is -2.41. The van der Waals surface area contributed by atoms with E-state index >= 15 is 0 Å². The standard InChI is InChI=1S/C22H22N2OS/c1-26-16-10-8-14(9-11-16)21-20-18(17-4-2-3-5-19(17)23-20)12-13-24(21)22(25)15-6-7-15/h2-5,8-11,15,21,23H,6-7,12-13H2,1H3. The number of para-hydroxylation sites is 1. The molecule has 3 aromatic rings. The Kier molecular flexibility index (Phi) is 3.82. The van der Waals surface area contributed by atoms with Crippen molar-refractivity contribution in [2.24, 2.45) is 5.92 Å². The maximum absolute atomic E-state index is 13.0. The van der Waals surface area contributed by atoms with Crippen molar-refractivity contribution in [3.05, 3.63) is 65.4 Å². The molecule has 1 aromatic heterocycles. The maximum atomic E-state index is 13.0. The van der Waals surface area contributed by atoms with Crippen LogP contribution in [-0.4, -0.2) is 28.6 Å². The van der Waals surface area contributed by atoms with Crippen molar-refractivity contribution in [2.45, 2.75) is 30.2 Å². The van der Waals surface area contributed by atoms with Crippen LogP contribution in [0, 0.1) is 5.92 Å². The molecule has 132 valence electrons. The molecule has 1 unspecified atom stereocenters. The van der Waals surface area contributed by atoms with Crippen molar-refractivity contribution < 1.29 is 4.79 Å². The van der Waals surface area contributed by atoms with Crippen molar-refractivity contribution in [1.82, 2.24) is 9.88 Å². The number of hydrogen-bond acceptors (Lipinski definition) is 2. The van der Waals surface area contributed by atoms with Crippen molar-refractivity contribution in [3.63, 3.8) is 0 Å². The van der Waals surface area contributed by atoms with E-state index in [1.807, 2.05) is 0 Å². The molecule has 0 radical (unpaired) electrons. The van der Waals surface area contributed by atoms with E-state index in [2.05, 4.69) is 64.7 Å². The molecular weight excluding hydrogens is 340 g/mol. The van der Waals surface area contributed by atoms with Crippen LogP contribution < -0.4 is 0 Å². The first-order chi connectivity index (χ1) is 12.8. The molecule has 4 heteroatoms. The first kappa shape index (κ1) is 16.0. The van der Waals surface area contributed by atoms with E-state index in [9.17, 15) is 4.79 Å². The van der Waals surface area contributed by atoms with Gasteiger partial charge in [-0.15, -0.1) is 11.8 Å². The molecule has 0 bridgehead atoms. The lowest BCUT2D eigenvalue weighted by atomic mass is 9.92. The lowest BCUT2D eigenvalue weighted by molar-refractivity contribution is -0.134. The predicted molar refractivity (Wildman–Crippen MR) is 107 cm³/mol. The summed E-state index contributed by atoms with van der Waals surface area (Å²) in [4.78, 5) is 20.0. The van der Waals surface area contributed by atoms with Gasteiger partial charge in [0.1, 0.15) is 0 Å². The highest BCUT2D eigenvalue weighted by molar-refractivity contribution is 7.98. The minimum atomic E-state index is -0.00449. The Hall–Kier alpha value is -2.20. The Morgan fingerprint density at radius 1 is 1.12 bits per heavy atom. The number of H-pyrrole nitrogens is 1. The van der Waals surface area contributed by atoms with Gasteiger partial charge < -0.3 is 9.88 Å². The summed E-state index contributed by atoms with van der Waals surface area (Å²) in [5.41, 5.74) is 4.94. The van der Waals surface area contributed by atoms with Gasteiger partial charge >= 0.3 is 0 Å². The average Bonchev–Trinajstić information content (AvgIpc) is 3.47. The number of rotatable bonds is 3. The number of aromatic nitrogens is 1. The van der Waals surface area contributed by atoms with Crippen molar-refractivity contribution in [1.29, 1.82) is 0 Å². The fraction of sp³-hybridized carbons (Fsp3) is 0.318. The van der Waals surface area contributed by atoms with Gasteiger partial charge in [-0.3, -0.25) is 4.79 Å². The topological polar surface area (TPSA) is 36.1 Å². The van der Waals surface area contributed by atoms with Crippen LogP contribution in [-0.2, 0) is 11.2 Å². The zero-order chi connectivity index (χ0) is 17.7. The highest BCUT2D eigenvalue weighted by Crippen LogP contribution is 2.42. The average molecular weight is 362 g/mol. The van der Waals surface area contributed by atoms with Crippen LogP contribution in [0.5, 0.6) is 0 Å². The van der Waals surface area contributed by atoms with Crippen LogP contribution in [0.4, 0.5) is 0 Å². The fourth-order valence-electron chi connectivity index (χ4n) is 4.18. The summed E-state index contributed by atoms with van der Waals surface area (Å²) >= 11 is 1.75. The molecule has 2 aromatic carbocycles. The molecule has 1 atom stereocenters. The number of amides is 1. The fourth-order valence-corrected chi connectivity index (χ4v) is 4.58. The van der Waals surface area contributed by atoms with E-state index in [1.54, 1.807) is 11.8 Å². The molecule has 2 heterocycles. The summed E-state index contributed by atoms with van der Waals surface area (Å²) in [6, 6.07) is 17.2. The summed E-state index contributed by atoms with van der Waals surface area (Å²) in [5.74, 6) is 0.571. The molecule has 1 aliphatic heterocycles. The normalized spacial score (nSPS) is 19.6. The molecule has 5 rings (SSSR count). The molecule has 26 heavy (non-hydrogen) atoms. The van der Waals surface area contributed by atoms with Gasteiger partial charge in [0, 0.05) is 34.0 Å². The Morgan fingerprint density at radius 2 is 1.88 bits per heavy atom. The van der Waals surface area contributed by atoms with Crippen LogP contribution in [0.3, 0.4) is 0 Å². The third kappa shape index (κ3) is 2.55. The highest BCUT2D eigenvalue weighted by Gasteiger charge is 2.40. The van der Waals surface area contributed by atoms with E-state index in [0.717, 1.165) is 25.8 Å². The summed E-state index contributed by atoms with van der Waals surface area (Å²) in [6.45, 7) is 0.805. The van der Waals surface area contributed by atoms with Crippen molar-refractivity contribution >= 4 is 28.6 Å². The molecule has 1 amide bonds. The second-order valence-corrected chi connectivity index (χ2v) is 8.17. The number of fused-ring (bicyclic) bond motifs is 3. The van der Waals surface area contributed by atoms with Gasteiger partial charge in [0.2, 0.25) is 5.91 Å². The van der Waals surface area contributed by atoms with Crippen LogP contribution in [0.15, 0.2) is 53.4 Å². The number of nitrogens with zero attached hydrogens (tertiary/aromatic N) is 1. The molecule has 0 spiro atoms. The zero-order valence-corrected chi connectivity index (χ0v) is 15.7. The minimum absolute atomic E-state index is 0.00449. The Morgan fingerprint density at radius 3 is 2.62 bits per heavy atom. The largest absolute Gasteiger partial charge is 0.356 e. The number of thioether (sulfide) groups is 1. The Bertz CT molecular complexity index is 971. The van der Waals surface area contributed by atoms with Crippen LogP contribution in [0.2, 0.25) is 0 Å². The first-order valence-corrected chi connectivity index (χ1v) is 10.5. The molecule has 1 N–H and O–H groups in total. The second-order valence-electron chi connectivity index (χ2n) is 7.29. The Labute approximate surface area is 157 Å². The molecule has 1 aliphatic carbocycles. The molecule has 1 fully saturated rings. The minimum Gasteiger partial charge on any atom is -0.356 e. The van der Waals surface area contributed by atoms with Gasteiger partial charge in [0.05, 0.1) is 6.04 Å². The number of hydrogen-bond donors (Lipinski definition) is 1. The third-order valence-electron chi connectivity index (χ3n) is 5.68. The number of benzene rings is 2. The lowest BCUT2D eigenvalue weighted by Gasteiger charge is -2.36. The summed E-state index contributed by atoms with van der Waals surface area (Å²) in [5, 5.41) is 1.30. The smallest absolute Gasteiger partial charge is 0.226 e. The van der Waals surface area contributed by atoms with Crippen molar-refractivity contribution in [2.75, 3.05) is 12.8 Å². The second kappa shape index (κ2) is 6.20. The molecule has 0 saturated heterocycles. The van der Waals surface area contributed by atoms with Crippen molar-refractivity contribution in [3.8, 4) is 0 Å². The van der Waals surface area contributed by atoms with Crippen LogP contribution in [0.1, 0.15) is 35.7 Å². The van der Waals surface area contributed by atoms with E-state index in [-0.39, 0.29) is 12.0 Å². The predicted octanol–water partition coefficient (Wildman–Crippen LogP) is 4.77. The van der Waals surface area contributed by atoms with Gasteiger partial charge in [-0.1, -0.05) is 30.3 Å². The van der Waals surface area contributed by atoms with Gasteiger partial charge in [0.25, 0.3) is 0 Å². The summed E-state index contributed by atoms with van der Waals surface area (Å²) in [7, 11) is 0. The summed E-state index contributed by atoms with van der Waals surface area (Å²) in [6.07, 6.45) is 5.12. The Balaban J connectivity index is 1.65. The van der Waals surface area contributed by atoms with Crippen LogP contribution in [0.25, 0.3) is 10.9 Å². The summed E-state index contributed by atoms with van der Waals surface area (Å²) < 4.78 is 0. The molecule has 3 nitrogen and oxygen atoms in total. The SMILES string of the molecule is CSc1ccc(C2c3[nH]c4ccccc4c3CCN2C(=O)C2CC2)cc1. The van der Waals surface area contributed by atoms with Gasteiger partial charge in [-0.05, 0) is 54.8 Å². The van der Waals surface area contributed by atoms with E-state index < -0.39 is 0 Å². The first-order valence-electron chi connectivity index (χ1n) is 9.30. The van der Waals surface area contributed by atoms with Crippen LogP contribution >= 0.6 is 11.8 Å². The molecule has 2 aliphatic rings. The quantitative estimate of drug-likeness (QED) is 0.681. The molecular formula is C22H22N2OS. The monoisotopic (exact) mass is 362 g/mol.